The molecule has 0 unspecified atom stereocenters. The number of nitrogens with zero attached hydrogens (tertiary/aromatic N) is 1. The lowest BCUT2D eigenvalue weighted by molar-refractivity contribution is -0.121. The molecule has 0 heterocycles. The predicted octanol–water partition coefficient (Wildman–Crippen LogP) is 3.08. The molecule has 8 heteroatoms. The summed E-state index contributed by atoms with van der Waals surface area (Å²) in [6.45, 7) is 4.20. The van der Waals surface area contributed by atoms with Gasteiger partial charge in [0.15, 0.2) is 5.96 Å². The summed E-state index contributed by atoms with van der Waals surface area (Å²) in [5.41, 5.74) is 2.03. The zero-order chi connectivity index (χ0) is 20.9. The topological polar surface area (TPSA) is 84.0 Å². The number of carbonyl (C=O) groups is 1. The molecule has 0 radical (unpaired) electrons. The summed E-state index contributed by atoms with van der Waals surface area (Å²) >= 11 is 0. The Hall–Kier alpha value is -2.49. The van der Waals surface area contributed by atoms with Crippen LogP contribution in [0.25, 0.3) is 0 Å². The van der Waals surface area contributed by atoms with Crippen LogP contribution in [-0.4, -0.2) is 39.2 Å². The van der Waals surface area contributed by atoms with Gasteiger partial charge >= 0.3 is 0 Å². The molecule has 0 atom stereocenters. The highest BCUT2D eigenvalue weighted by molar-refractivity contribution is 14.0. The first-order chi connectivity index (χ1) is 14.2. The van der Waals surface area contributed by atoms with Gasteiger partial charge in [0.25, 0.3) is 0 Å². The molecule has 0 aliphatic rings. The van der Waals surface area contributed by atoms with Crippen molar-refractivity contribution >= 4 is 35.8 Å². The van der Waals surface area contributed by atoms with Crippen LogP contribution in [0.1, 0.15) is 24.5 Å². The zero-order valence-corrected chi connectivity index (χ0v) is 20.1. The van der Waals surface area contributed by atoms with Gasteiger partial charge < -0.3 is 25.4 Å². The Kier molecular flexibility index (Phi) is 12.3. The van der Waals surface area contributed by atoms with Crippen LogP contribution >= 0.6 is 24.0 Å². The minimum absolute atomic E-state index is 0. The van der Waals surface area contributed by atoms with Crippen molar-refractivity contribution in [2.45, 2.75) is 26.4 Å². The maximum absolute atomic E-state index is 12.0. The number of rotatable bonds is 10. The SMILES string of the molecule is CCNC(=NCc1ccc(OC)cc1OC)NCCC(=O)NCc1ccccc1.I. The Labute approximate surface area is 195 Å². The average molecular weight is 526 g/mol. The van der Waals surface area contributed by atoms with Crippen LogP contribution in [0.5, 0.6) is 11.5 Å². The maximum Gasteiger partial charge on any atom is 0.222 e. The maximum atomic E-state index is 12.0. The number of amides is 1. The molecule has 0 aromatic heterocycles. The second kappa shape index (κ2) is 14.5. The summed E-state index contributed by atoms with van der Waals surface area (Å²) in [5.74, 6) is 2.11. The van der Waals surface area contributed by atoms with E-state index in [2.05, 4.69) is 20.9 Å². The Morgan fingerprint density at radius 1 is 1.00 bits per heavy atom. The van der Waals surface area contributed by atoms with Crippen molar-refractivity contribution in [2.24, 2.45) is 4.99 Å². The molecule has 1 amide bonds. The van der Waals surface area contributed by atoms with Crippen LogP contribution in [0.15, 0.2) is 53.5 Å². The van der Waals surface area contributed by atoms with Crippen LogP contribution in [0.4, 0.5) is 0 Å². The van der Waals surface area contributed by atoms with Gasteiger partial charge in [-0.05, 0) is 24.6 Å². The zero-order valence-electron chi connectivity index (χ0n) is 17.7. The van der Waals surface area contributed by atoms with Crippen LogP contribution in [0, 0.1) is 0 Å². The lowest BCUT2D eigenvalue weighted by Gasteiger charge is -2.13. The molecule has 0 bridgehead atoms. The highest BCUT2D eigenvalue weighted by Gasteiger charge is 2.06. The number of guanidine groups is 1. The highest BCUT2D eigenvalue weighted by Crippen LogP contribution is 2.25. The summed E-state index contributed by atoms with van der Waals surface area (Å²) in [7, 11) is 3.25. The lowest BCUT2D eigenvalue weighted by atomic mass is 10.2. The summed E-state index contributed by atoms with van der Waals surface area (Å²) in [6, 6.07) is 15.5. The molecular formula is C22H31IN4O3. The molecule has 0 aliphatic heterocycles. The Bertz CT molecular complexity index is 800. The third kappa shape index (κ3) is 8.89. The molecule has 30 heavy (non-hydrogen) atoms. The third-order valence-electron chi connectivity index (χ3n) is 4.22. The number of carbonyl (C=O) groups excluding carboxylic acids is 1. The van der Waals surface area contributed by atoms with E-state index in [0.29, 0.717) is 32.0 Å². The van der Waals surface area contributed by atoms with Crippen molar-refractivity contribution in [1.29, 1.82) is 0 Å². The second-order valence-electron chi connectivity index (χ2n) is 6.31. The first-order valence-corrected chi connectivity index (χ1v) is 9.70. The van der Waals surface area contributed by atoms with Gasteiger partial charge in [-0.1, -0.05) is 30.3 Å². The van der Waals surface area contributed by atoms with Crippen LogP contribution in [0.3, 0.4) is 0 Å². The fourth-order valence-corrected chi connectivity index (χ4v) is 2.67. The molecule has 2 aromatic carbocycles. The van der Waals surface area contributed by atoms with Gasteiger partial charge in [-0.3, -0.25) is 4.79 Å². The van der Waals surface area contributed by atoms with E-state index in [0.717, 1.165) is 29.2 Å². The molecule has 164 valence electrons. The molecule has 3 N–H and O–H groups in total. The van der Waals surface area contributed by atoms with Crippen LogP contribution < -0.4 is 25.4 Å². The number of nitrogens with one attached hydrogen (secondary N) is 3. The number of ether oxygens (including phenoxy) is 2. The number of aliphatic imine (C=N–C) groups is 1. The summed E-state index contributed by atoms with van der Waals surface area (Å²) in [4.78, 5) is 16.6. The Morgan fingerprint density at radius 3 is 2.43 bits per heavy atom. The molecule has 0 aliphatic carbocycles. The van der Waals surface area contributed by atoms with Crippen molar-refractivity contribution in [1.82, 2.24) is 16.0 Å². The van der Waals surface area contributed by atoms with Gasteiger partial charge in [-0.25, -0.2) is 4.99 Å². The Balaban J connectivity index is 0.00000450. The predicted molar refractivity (Wildman–Crippen MR) is 131 cm³/mol. The normalized spacial score (nSPS) is 10.6. The van der Waals surface area contributed by atoms with E-state index in [1.54, 1.807) is 14.2 Å². The number of hydrogen-bond acceptors (Lipinski definition) is 4. The summed E-state index contributed by atoms with van der Waals surface area (Å²) in [5, 5.41) is 9.30. The van der Waals surface area contributed by atoms with E-state index < -0.39 is 0 Å². The first-order valence-electron chi connectivity index (χ1n) is 9.70. The van der Waals surface area contributed by atoms with E-state index in [1.807, 2.05) is 55.5 Å². The largest absolute Gasteiger partial charge is 0.497 e. The van der Waals surface area contributed by atoms with Crippen molar-refractivity contribution in [3.63, 3.8) is 0 Å². The smallest absolute Gasteiger partial charge is 0.222 e. The van der Waals surface area contributed by atoms with E-state index in [9.17, 15) is 4.79 Å². The molecule has 0 saturated carbocycles. The minimum Gasteiger partial charge on any atom is -0.497 e. The second-order valence-corrected chi connectivity index (χ2v) is 6.31. The lowest BCUT2D eigenvalue weighted by Crippen LogP contribution is -2.39. The quantitative estimate of drug-likeness (QED) is 0.252. The van der Waals surface area contributed by atoms with Crippen molar-refractivity contribution in [3.05, 3.63) is 59.7 Å². The van der Waals surface area contributed by atoms with E-state index >= 15 is 0 Å². The van der Waals surface area contributed by atoms with Gasteiger partial charge in [0.2, 0.25) is 5.91 Å². The Morgan fingerprint density at radius 2 is 1.77 bits per heavy atom. The minimum atomic E-state index is -0.00553. The number of methoxy groups -OCH3 is 2. The highest BCUT2D eigenvalue weighted by atomic mass is 127. The van der Waals surface area contributed by atoms with E-state index in [4.69, 9.17) is 9.47 Å². The fraction of sp³-hybridized carbons (Fsp3) is 0.364. The molecule has 2 rings (SSSR count). The van der Waals surface area contributed by atoms with E-state index in [1.165, 1.54) is 0 Å². The standard InChI is InChI=1S/C22H30N4O3.HI/c1-4-23-22(26-16-18-10-11-19(28-2)14-20(18)29-3)24-13-12-21(27)25-15-17-8-6-5-7-9-17;/h5-11,14H,4,12-13,15-16H2,1-3H3,(H,25,27)(H2,23,24,26);1H. The van der Waals surface area contributed by atoms with Crippen molar-refractivity contribution in [3.8, 4) is 11.5 Å². The summed E-state index contributed by atoms with van der Waals surface area (Å²) in [6.07, 6.45) is 0.364. The number of hydrogen-bond donors (Lipinski definition) is 3. The van der Waals surface area contributed by atoms with Crippen molar-refractivity contribution in [2.75, 3.05) is 27.3 Å². The molecule has 2 aromatic rings. The van der Waals surface area contributed by atoms with Crippen LogP contribution in [0.2, 0.25) is 0 Å². The van der Waals surface area contributed by atoms with Gasteiger partial charge in [-0.15, -0.1) is 24.0 Å². The van der Waals surface area contributed by atoms with Gasteiger partial charge in [0.05, 0.1) is 20.8 Å². The molecular weight excluding hydrogens is 495 g/mol. The molecule has 0 fully saturated rings. The first kappa shape index (κ1) is 25.5. The van der Waals surface area contributed by atoms with E-state index in [-0.39, 0.29) is 29.9 Å². The molecule has 7 nitrogen and oxygen atoms in total. The molecule has 0 spiro atoms. The average Bonchev–Trinajstić information content (AvgIpc) is 2.76. The number of halogens is 1. The number of benzene rings is 2. The van der Waals surface area contributed by atoms with Crippen molar-refractivity contribution < 1.29 is 14.3 Å². The van der Waals surface area contributed by atoms with Gasteiger partial charge in [0, 0.05) is 37.7 Å². The summed E-state index contributed by atoms with van der Waals surface area (Å²) < 4.78 is 10.6. The monoisotopic (exact) mass is 526 g/mol. The fourth-order valence-electron chi connectivity index (χ4n) is 2.67. The van der Waals surface area contributed by atoms with Gasteiger partial charge in [0.1, 0.15) is 11.5 Å². The third-order valence-corrected chi connectivity index (χ3v) is 4.22. The van der Waals surface area contributed by atoms with Crippen LogP contribution in [-0.2, 0) is 17.9 Å². The molecule has 0 saturated heterocycles. The van der Waals surface area contributed by atoms with Gasteiger partial charge in [-0.2, -0.15) is 0 Å².